The van der Waals surface area contributed by atoms with Gasteiger partial charge < -0.3 is 10.1 Å². The number of carbonyl (C=O) groups excluding carboxylic acids is 1. The third-order valence-electron chi connectivity index (χ3n) is 4.45. The molecular weight excluding hydrogens is 423 g/mol. The van der Waals surface area contributed by atoms with Crippen molar-refractivity contribution < 1.29 is 13.9 Å². The summed E-state index contributed by atoms with van der Waals surface area (Å²) in [6.07, 6.45) is 0.287. The number of aromatic amines is 1. The molecule has 9 heteroatoms. The first-order chi connectivity index (χ1) is 14.6. The Morgan fingerprint density at radius 3 is 2.77 bits per heavy atom. The van der Waals surface area contributed by atoms with Crippen molar-refractivity contribution in [1.82, 2.24) is 20.1 Å². The highest BCUT2D eigenvalue weighted by atomic mass is 32.2. The maximum atomic E-state index is 13.6. The number of thioether (sulfide) groups is 1. The van der Waals surface area contributed by atoms with Crippen LogP contribution in [-0.2, 0) is 17.1 Å². The Morgan fingerprint density at radius 1 is 1.27 bits per heavy atom. The van der Waals surface area contributed by atoms with Crippen molar-refractivity contribution in [1.29, 1.82) is 0 Å². The second-order valence-electron chi connectivity index (χ2n) is 6.48. The molecule has 0 fully saturated rings. The van der Waals surface area contributed by atoms with Crippen molar-refractivity contribution in [3.05, 3.63) is 64.7 Å². The third kappa shape index (κ3) is 5.93. The molecule has 3 rings (SSSR count). The van der Waals surface area contributed by atoms with Crippen LogP contribution in [0.25, 0.3) is 11.4 Å². The van der Waals surface area contributed by atoms with Gasteiger partial charge in [-0.05, 0) is 48.1 Å². The van der Waals surface area contributed by atoms with E-state index < -0.39 is 0 Å². The standard InChI is InChI=1S/C21H23FN4O2S2/c1-28-17-8-6-15(7-9-17)20-24-25-21(29)26(20)12-10-19(27)23-11-13-30-14-16-4-2-3-5-18(16)22/h2-9H,10-14H2,1H3,(H,23,27)(H,25,29). The molecule has 6 nitrogen and oxygen atoms in total. The number of nitrogens with one attached hydrogen (secondary N) is 2. The molecule has 0 atom stereocenters. The van der Waals surface area contributed by atoms with Crippen LogP contribution >= 0.6 is 24.0 Å². The van der Waals surface area contributed by atoms with Gasteiger partial charge in [-0.1, -0.05) is 18.2 Å². The normalized spacial score (nSPS) is 10.7. The number of aromatic nitrogens is 3. The predicted molar refractivity (Wildman–Crippen MR) is 120 cm³/mol. The summed E-state index contributed by atoms with van der Waals surface area (Å²) in [4.78, 5) is 12.2. The lowest BCUT2D eigenvalue weighted by Crippen LogP contribution is -2.26. The fourth-order valence-corrected chi connectivity index (χ4v) is 3.92. The van der Waals surface area contributed by atoms with E-state index in [0.717, 1.165) is 11.3 Å². The Kier molecular flexibility index (Phi) is 8.04. The van der Waals surface area contributed by atoms with Crippen LogP contribution in [0.5, 0.6) is 5.75 Å². The van der Waals surface area contributed by atoms with Crippen LogP contribution in [-0.4, -0.2) is 40.1 Å². The van der Waals surface area contributed by atoms with Crippen LogP contribution in [0.2, 0.25) is 0 Å². The van der Waals surface area contributed by atoms with Gasteiger partial charge in [-0.15, -0.1) is 0 Å². The maximum Gasteiger partial charge on any atom is 0.221 e. The summed E-state index contributed by atoms with van der Waals surface area (Å²) in [5.41, 5.74) is 1.56. The van der Waals surface area contributed by atoms with E-state index in [2.05, 4.69) is 15.5 Å². The molecule has 0 saturated heterocycles. The molecule has 1 aromatic heterocycles. The van der Waals surface area contributed by atoms with Crippen molar-refractivity contribution >= 4 is 29.9 Å². The number of hydrogen-bond acceptors (Lipinski definition) is 5. The van der Waals surface area contributed by atoms with Gasteiger partial charge in [-0.25, -0.2) is 4.39 Å². The summed E-state index contributed by atoms with van der Waals surface area (Å²) in [6.45, 7) is 0.949. The largest absolute Gasteiger partial charge is 0.497 e. The second-order valence-corrected chi connectivity index (χ2v) is 7.97. The lowest BCUT2D eigenvalue weighted by molar-refractivity contribution is -0.121. The molecule has 0 aliphatic rings. The predicted octanol–water partition coefficient (Wildman–Crippen LogP) is 4.20. The third-order valence-corrected chi connectivity index (χ3v) is 5.77. The summed E-state index contributed by atoms with van der Waals surface area (Å²) in [5.74, 6) is 2.46. The van der Waals surface area contributed by atoms with E-state index in [4.69, 9.17) is 17.0 Å². The van der Waals surface area contributed by atoms with Gasteiger partial charge in [0.1, 0.15) is 11.6 Å². The maximum absolute atomic E-state index is 13.6. The number of hydrogen-bond donors (Lipinski definition) is 2. The minimum Gasteiger partial charge on any atom is -0.497 e. The van der Waals surface area contributed by atoms with Gasteiger partial charge in [0.2, 0.25) is 5.91 Å². The number of benzene rings is 2. The summed E-state index contributed by atoms with van der Waals surface area (Å²) in [5, 5.41) is 9.96. The molecule has 0 saturated carbocycles. The number of H-pyrrole nitrogens is 1. The molecule has 158 valence electrons. The van der Waals surface area contributed by atoms with Crippen LogP contribution in [0.4, 0.5) is 4.39 Å². The first-order valence-corrected chi connectivity index (χ1v) is 11.0. The van der Waals surface area contributed by atoms with Crippen LogP contribution < -0.4 is 10.1 Å². The second kappa shape index (κ2) is 10.9. The summed E-state index contributed by atoms with van der Waals surface area (Å²) < 4.78 is 21.0. The van der Waals surface area contributed by atoms with Crippen LogP contribution in [0.15, 0.2) is 48.5 Å². The summed E-state index contributed by atoms with van der Waals surface area (Å²) in [7, 11) is 1.61. The molecule has 2 N–H and O–H groups in total. The van der Waals surface area contributed by atoms with E-state index in [0.29, 0.717) is 40.8 Å². The number of carbonyl (C=O) groups is 1. The highest BCUT2D eigenvalue weighted by Crippen LogP contribution is 2.21. The Labute approximate surface area is 183 Å². The molecule has 0 radical (unpaired) electrons. The first-order valence-electron chi connectivity index (χ1n) is 9.46. The monoisotopic (exact) mass is 446 g/mol. The van der Waals surface area contributed by atoms with Gasteiger partial charge in [0.25, 0.3) is 0 Å². The number of halogens is 1. The van der Waals surface area contributed by atoms with Gasteiger partial charge in [0.15, 0.2) is 10.6 Å². The lowest BCUT2D eigenvalue weighted by Gasteiger charge is -2.09. The van der Waals surface area contributed by atoms with E-state index in [9.17, 15) is 9.18 Å². The van der Waals surface area contributed by atoms with Crippen molar-refractivity contribution in [2.45, 2.75) is 18.7 Å². The number of rotatable bonds is 10. The Hall–Kier alpha value is -2.65. The zero-order valence-electron chi connectivity index (χ0n) is 16.6. The number of nitrogens with zero attached hydrogens (tertiary/aromatic N) is 2. The Morgan fingerprint density at radius 2 is 2.03 bits per heavy atom. The number of amides is 1. The van der Waals surface area contributed by atoms with Gasteiger partial charge in [-0.2, -0.15) is 16.9 Å². The molecule has 0 unspecified atom stereocenters. The van der Waals surface area contributed by atoms with Crippen LogP contribution in [0.3, 0.4) is 0 Å². The first kappa shape index (κ1) is 22.0. The summed E-state index contributed by atoms with van der Waals surface area (Å²) >= 11 is 6.89. The molecule has 0 spiro atoms. The highest BCUT2D eigenvalue weighted by molar-refractivity contribution is 7.98. The quantitative estimate of drug-likeness (QED) is 0.361. The van der Waals surface area contributed by atoms with E-state index >= 15 is 0 Å². The smallest absolute Gasteiger partial charge is 0.221 e. The number of ether oxygens (including phenoxy) is 1. The zero-order chi connectivity index (χ0) is 21.3. The molecule has 30 heavy (non-hydrogen) atoms. The minimum atomic E-state index is -0.196. The molecule has 0 bridgehead atoms. The van der Waals surface area contributed by atoms with Crippen LogP contribution in [0.1, 0.15) is 12.0 Å². The van der Waals surface area contributed by atoms with Gasteiger partial charge in [0, 0.05) is 36.6 Å². The van der Waals surface area contributed by atoms with E-state index in [1.165, 1.54) is 6.07 Å². The minimum absolute atomic E-state index is 0.0646. The molecule has 0 aliphatic heterocycles. The van der Waals surface area contributed by atoms with Crippen molar-refractivity contribution in [2.24, 2.45) is 0 Å². The Bertz CT molecular complexity index is 1030. The van der Waals surface area contributed by atoms with Gasteiger partial charge in [-0.3, -0.25) is 14.5 Å². The molecular formula is C21H23FN4O2S2. The Balaban J connectivity index is 1.45. The van der Waals surface area contributed by atoms with Crippen molar-refractivity contribution in [3.63, 3.8) is 0 Å². The van der Waals surface area contributed by atoms with E-state index in [1.807, 2.05) is 34.9 Å². The fourth-order valence-electron chi connectivity index (χ4n) is 2.85. The van der Waals surface area contributed by atoms with E-state index in [1.54, 1.807) is 31.0 Å². The van der Waals surface area contributed by atoms with Crippen molar-refractivity contribution in [3.8, 4) is 17.1 Å². The molecule has 1 amide bonds. The molecule has 0 aliphatic carbocycles. The average Bonchev–Trinajstić information content (AvgIpc) is 3.13. The number of methoxy groups -OCH3 is 1. The van der Waals surface area contributed by atoms with Crippen LogP contribution in [0, 0.1) is 10.6 Å². The highest BCUT2D eigenvalue weighted by Gasteiger charge is 2.11. The van der Waals surface area contributed by atoms with Gasteiger partial charge in [0.05, 0.1) is 7.11 Å². The van der Waals surface area contributed by atoms with Crippen molar-refractivity contribution in [2.75, 3.05) is 19.4 Å². The SMILES string of the molecule is COc1ccc(-c2n[nH]c(=S)n2CCC(=O)NCCSCc2ccccc2F)cc1. The molecule has 1 heterocycles. The fraction of sp³-hybridized carbons (Fsp3) is 0.286. The topological polar surface area (TPSA) is 71.9 Å². The molecule has 2 aromatic carbocycles. The zero-order valence-corrected chi connectivity index (χ0v) is 18.2. The lowest BCUT2D eigenvalue weighted by atomic mass is 10.2. The average molecular weight is 447 g/mol. The van der Waals surface area contributed by atoms with Gasteiger partial charge >= 0.3 is 0 Å². The van der Waals surface area contributed by atoms with E-state index in [-0.39, 0.29) is 18.1 Å². The summed E-state index contributed by atoms with van der Waals surface area (Å²) in [6, 6.07) is 14.2. The molecule has 3 aromatic rings.